The highest BCUT2D eigenvalue weighted by molar-refractivity contribution is 6.25. The van der Waals surface area contributed by atoms with E-state index in [-0.39, 0.29) is 40.9 Å². The molecule has 0 unspecified atom stereocenters. The fourth-order valence-corrected chi connectivity index (χ4v) is 9.31. The summed E-state index contributed by atoms with van der Waals surface area (Å²) in [5.74, 6) is -2.60. The van der Waals surface area contributed by atoms with E-state index in [1.807, 2.05) is 13.8 Å². The Kier molecular flexibility index (Phi) is 4.04. The summed E-state index contributed by atoms with van der Waals surface area (Å²) in [5.41, 5.74) is -4.14. The first-order chi connectivity index (χ1) is 14.8. The topological polar surface area (TPSA) is 86.7 Å². The summed E-state index contributed by atoms with van der Waals surface area (Å²) in [6, 6.07) is 0. The van der Waals surface area contributed by atoms with E-state index in [1.54, 1.807) is 13.8 Å². The first kappa shape index (κ1) is 21.8. The molecule has 8 atom stereocenters. The molecule has 6 heteroatoms. The predicted octanol–water partition coefficient (Wildman–Crippen LogP) is 3.66. The van der Waals surface area contributed by atoms with Crippen molar-refractivity contribution in [1.82, 2.24) is 0 Å². The average Bonchev–Trinajstić information content (AvgIpc) is 2.90. The normalized spacial score (nSPS) is 50.7. The van der Waals surface area contributed by atoms with Gasteiger partial charge in [0.25, 0.3) is 0 Å². The molecule has 0 amide bonds. The highest BCUT2D eigenvalue weighted by Gasteiger charge is 2.84. The molecule has 4 aliphatic carbocycles. The largest absolute Gasteiger partial charge is 0.468 e. The molecular formula is C26H34O6. The minimum atomic E-state index is -1.65. The van der Waals surface area contributed by atoms with Crippen LogP contribution in [0.25, 0.3) is 0 Å². The smallest absolute Gasteiger partial charge is 0.321 e. The number of methoxy groups -OCH3 is 1. The van der Waals surface area contributed by atoms with Crippen LogP contribution in [0.5, 0.6) is 0 Å². The number of allylic oxidation sites excluding steroid dienone is 2. The van der Waals surface area contributed by atoms with Gasteiger partial charge < -0.3 is 9.47 Å². The molecule has 2 heterocycles. The maximum atomic E-state index is 14.0. The first-order valence-electron chi connectivity index (χ1n) is 11.9. The zero-order valence-electron chi connectivity index (χ0n) is 20.2. The Hall–Kier alpha value is -1.98. The van der Waals surface area contributed by atoms with Crippen LogP contribution in [0.2, 0.25) is 0 Å². The van der Waals surface area contributed by atoms with Crippen molar-refractivity contribution in [3.63, 3.8) is 0 Å². The van der Waals surface area contributed by atoms with Crippen molar-refractivity contribution in [2.45, 2.75) is 73.3 Å². The van der Waals surface area contributed by atoms with Gasteiger partial charge >= 0.3 is 11.9 Å². The molecule has 0 radical (unpaired) electrons. The third kappa shape index (κ3) is 1.82. The van der Waals surface area contributed by atoms with Gasteiger partial charge in [-0.25, -0.2) is 0 Å². The average molecular weight is 443 g/mol. The molecule has 0 N–H and O–H groups in total. The molecule has 0 aromatic heterocycles. The molecule has 6 aliphatic rings. The van der Waals surface area contributed by atoms with E-state index in [9.17, 15) is 19.2 Å². The van der Waals surface area contributed by atoms with Gasteiger partial charge in [-0.3, -0.25) is 19.2 Å². The monoisotopic (exact) mass is 442 g/mol. The quantitative estimate of drug-likeness (QED) is 0.350. The minimum absolute atomic E-state index is 0.0980. The van der Waals surface area contributed by atoms with Crippen molar-refractivity contribution in [2.75, 3.05) is 7.11 Å². The standard InChI is InChI=1S/C26H34O6/c1-13-12-16-23(5,26(21(30)31-7)19(28)14(2)18(27)24(13,26)6)10-8-15-22(3,4)17-9-11-25(15,16)20(29)32-17/h12,14-17H,8-11H2,1-7H3/t14-,15-,16-,17+,23-,24+,25-,26-/m1/s1. The Labute approximate surface area is 189 Å². The summed E-state index contributed by atoms with van der Waals surface area (Å²) in [7, 11) is 1.29. The summed E-state index contributed by atoms with van der Waals surface area (Å²) in [4.78, 5) is 54.9. The fraction of sp³-hybridized carbons (Fsp3) is 0.769. The van der Waals surface area contributed by atoms with Crippen molar-refractivity contribution in [3.8, 4) is 0 Å². The summed E-state index contributed by atoms with van der Waals surface area (Å²) < 4.78 is 11.3. The number of ketones is 2. The van der Waals surface area contributed by atoms with E-state index in [0.29, 0.717) is 24.8 Å². The molecular weight excluding hydrogens is 408 g/mol. The van der Waals surface area contributed by atoms with Gasteiger partial charge in [0.2, 0.25) is 0 Å². The molecule has 6 rings (SSSR count). The minimum Gasteiger partial charge on any atom is -0.468 e. The lowest BCUT2D eigenvalue weighted by molar-refractivity contribution is -0.261. The summed E-state index contributed by atoms with van der Waals surface area (Å²) in [5, 5.41) is 0. The van der Waals surface area contributed by atoms with Gasteiger partial charge in [0.05, 0.1) is 23.9 Å². The van der Waals surface area contributed by atoms with Gasteiger partial charge in [0.15, 0.2) is 11.6 Å². The number of fused-ring (bicyclic) bond motifs is 5. The summed E-state index contributed by atoms with van der Waals surface area (Å²) in [6.45, 7) is 11.5. The Balaban J connectivity index is 1.85. The number of carbonyl (C=O) groups excluding carboxylic acids is 4. The molecule has 2 bridgehead atoms. The van der Waals surface area contributed by atoms with E-state index < -0.39 is 33.5 Å². The third-order valence-electron chi connectivity index (χ3n) is 10.9. The second kappa shape index (κ2) is 5.92. The molecule has 0 aromatic carbocycles. The number of rotatable bonds is 1. The van der Waals surface area contributed by atoms with E-state index in [1.165, 1.54) is 7.11 Å². The Morgan fingerprint density at radius 2 is 1.72 bits per heavy atom. The van der Waals surface area contributed by atoms with Crippen molar-refractivity contribution in [2.24, 2.45) is 44.8 Å². The Morgan fingerprint density at radius 1 is 1.06 bits per heavy atom. The Morgan fingerprint density at radius 3 is 2.31 bits per heavy atom. The molecule has 0 aromatic rings. The number of carbonyl (C=O) groups is 4. The summed E-state index contributed by atoms with van der Waals surface area (Å²) >= 11 is 0. The van der Waals surface area contributed by atoms with Crippen molar-refractivity contribution >= 4 is 23.5 Å². The number of Topliss-reactive ketones (excluding diaryl/α,β-unsaturated/α-hetero) is 2. The SMILES string of the molecule is COC(=O)[C@@]12C(=O)[C@H](C)C(=O)[C@]1(C)C(C)=C[C@H]1[C@]34CC[C@H](OC3=O)C(C)(C)[C@H]4CC[C@]12C. The lowest BCUT2D eigenvalue weighted by Gasteiger charge is -2.70. The second-order valence-electron chi connectivity index (χ2n) is 11.9. The van der Waals surface area contributed by atoms with Crippen LogP contribution in [0.4, 0.5) is 0 Å². The van der Waals surface area contributed by atoms with Crippen LogP contribution in [0.1, 0.15) is 67.2 Å². The maximum absolute atomic E-state index is 14.0. The predicted molar refractivity (Wildman–Crippen MR) is 115 cm³/mol. The van der Waals surface area contributed by atoms with Crippen LogP contribution in [0.3, 0.4) is 0 Å². The highest BCUT2D eigenvalue weighted by atomic mass is 16.6. The highest BCUT2D eigenvalue weighted by Crippen LogP contribution is 2.77. The molecule has 32 heavy (non-hydrogen) atoms. The molecule has 5 fully saturated rings. The molecule has 2 aliphatic heterocycles. The van der Waals surface area contributed by atoms with Crippen molar-refractivity contribution in [1.29, 1.82) is 0 Å². The zero-order chi connectivity index (χ0) is 23.6. The van der Waals surface area contributed by atoms with Gasteiger partial charge in [-0.2, -0.15) is 0 Å². The van der Waals surface area contributed by atoms with Gasteiger partial charge in [0.1, 0.15) is 11.5 Å². The van der Waals surface area contributed by atoms with Gasteiger partial charge in [-0.05, 0) is 57.8 Å². The number of ether oxygens (including phenoxy) is 2. The third-order valence-corrected chi connectivity index (χ3v) is 10.9. The van der Waals surface area contributed by atoms with Crippen LogP contribution >= 0.6 is 0 Å². The van der Waals surface area contributed by atoms with Crippen molar-refractivity contribution in [3.05, 3.63) is 11.6 Å². The van der Waals surface area contributed by atoms with Gasteiger partial charge in [-0.1, -0.05) is 32.4 Å². The van der Waals surface area contributed by atoms with E-state index in [0.717, 1.165) is 6.42 Å². The number of esters is 2. The number of hydrogen-bond acceptors (Lipinski definition) is 6. The van der Waals surface area contributed by atoms with Crippen LogP contribution in [0, 0.1) is 44.8 Å². The maximum Gasteiger partial charge on any atom is 0.321 e. The van der Waals surface area contributed by atoms with Crippen LogP contribution in [-0.4, -0.2) is 36.7 Å². The molecule has 2 saturated heterocycles. The molecule has 3 saturated carbocycles. The van der Waals surface area contributed by atoms with Crippen LogP contribution in [-0.2, 0) is 28.7 Å². The van der Waals surface area contributed by atoms with Gasteiger partial charge in [0, 0.05) is 11.3 Å². The molecule has 174 valence electrons. The van der Waals surface area contributed by atoms with E-state index in [2.05, 4.69) is 19.9 Å². The van der Waals surface area contributed by atoms with E-state index >= 15 is 0 Å². The van der Waals surface area contributed by atoms with E-state index in [4.69, 9.17) is 9.47 Å². The lowest BCUT2D eigenvalue weighted by Crippen LogP contribution is -2.74. The number of hydrogen-bond donors (Lipinski definition) is 0. The Bertz CT molecular complexity index is 1010. The van der Waals surface area contributed by atoms with Crippen LogP contribution < -0.4 is 0 Å². The molecule has 6 nitrogen and oxygen atoms in total. The van der Waals surface area contributed by atoms with Crippen LogP contribution in [0.15, 0.2) is 11.6 Å². The van der Waals surface area contributed by atoms with Gasteiger partial charge in [-0.15, -0.1) is 0 Å². The fourth-order valence-electron chi connectivity index (χ4n) is 9.31. The lowest BCUT2D eigenvalue weighted by atomic mass is 9.33. The molecule has 1 spiro atoms. The van der Waals surface area contributed by atoms with Crippen molar-refractivity contribution < 1.29 is 28.7 Å². The second-order valence-corrected chi connectivity index (χ2v) is 11.9. The summed E-state index contributed by atoms with van der Waals surface area (Å²) in [6.07, 6.45) is 4.70. The first-order valence-corrected chi connectivity index (χ1v) is 11.9. The zero-order valence-corrected chi connectivity index (χ0v) is 20.2.